The van der Waals surface area contributed by atoms with Crippen molar-refractivity contribution >= 4 is 30.8 Å². The second-order valence-corrected chi connectivity index (χ2v) is 6.31. The lowest BCUT2D eigenvalue weighted by Gasteiger charge is -2.14. The number of hydrogen-bond acceptors (Lipinski definition) is 4. The van der Waals surface area contributed by atoms with E-state index in [0.29, 0.717) is 0 Å². The zero-order valence-corrected chi connectivity index (χ0v) is 8.34. The Bertz CT molecular complexity index is 285. The van der Waals surface area contributed by atoms with Gasteiger partial charge in [0.25, 0.3) is 16.8 Å². The fourth-order valence-corrected chi connectivity index (χ4v) is 2.67. The zero-order valence-electron chi connectivity index (χ0n) is 7.34. The Morgan fingerprint density at radius 2 is 1.13 bits per heavy atom. The molecule has 0 amide bonds. The minimum atomic E-state index is -4.72. The van der Waals surface area contributed by atoms with Gasteiger partial charge in [-0.05, 0) is 6.04 Å². The minimum Gasteiger partial charge on any atom is -0.485 e. The summed E-state index contributed by atoms with van der Waals surface area (Å²) in [5.74, 6) is -1.43. The average Bonchev–Trinajstić information content (AvgIpc) is 2.02. The summed E-state index contributed by atoms with van der Waals surface area (Å²) in [5.41, 5.74) is -5.86. The van der Waals surface area contributed by atoms with E-state index in [0.717, 1.165) is 0 Å². The fourth-order valence-electron chi connectivity index (χ4n) is 0.890. The molecule has 8 nitrogen and oxygen atoms in total. The van der Waals surface area contributed by atoms with Gasteiger partial charge in [0.1, 0.15) is 0 Å². The van der Waals surface area contributed by atoms with Crippen molar-refractivity contribution in [2.45, 2.75) is 12.5 Å². The molecule has 0 aliphatic carbocycles. The summed E-state index contributed by atoms with van der Waals surface area (Å²) in [5, 5.41) is 34.0. The van der Waals surface area contributed by atoms with Gasteiger partial charge in [0.15, 0.2) is 0 Å². The molecule has 0 fully saturated rings. The van der Waals surface area contributed by atoms with Crippen LogP contribution in [0.15, 0.2) is 0 Å². The van der Waals surface area contributed by atoms with E-state index in [1.807, 2.05) is 0 Å². The van der Waals surface area contributed by atoms with Gasteiger partial charge in [-0.25, -0.2) is 0 Å². The zero-order chi connectivity index (χ0) is 12.2. The third-order valence-corrected chi connectivity index (χ3v) is 5.00. The van der Waals surface area contributed by atoms with Crippen LogP contribution in [0.2, 0.25) is 6.04 Å². The molecule has 0 heterocycles. The van der Waals surface area contributed by atoms with E-state index in [1.54, 1.807) is 0 Å². The molecule has 4 N–H and O–H groups in total. The maximum atomic E-state index is 10.6. The lowest BCUT2D eigenvalue weighted by atomic mass is 10.5. The summed E-state index contributed by atoms with van der Waals surface area (Å²) in [6.07, 6.45) is -0.795. The van der Waals surface area contributed by atoms with Gasteiger partial charge in [0.05, 0.1) is 0 Å². The van der Waals surface area contributed by atoms with Crippen molar-refractivity contribution in [3.05, 3.63) is 0 Å². The summed E-state index contributed by atoms with van der Waals surface area (Å²) in [7, 11) is -4.72. The van der Waals surface area contributed by atoms with Gasteiger partial charge in [0, 0.05) is 6.42 Å². The summed E-state index contributed by atoms with van der Waals surface area (Å²) < 4.78 is 0. The van der Waals surface area contributed by atoms with Crippen molar-refractivity contribution in [2.24, 2.45) is 0 Å². The maximum Gasteiger partial charge on any atom is 0.431 e. The van der Waals surface area contributed by atoms with E-state index in [-0.39, 0.29) is 0 Å². The first-order chi connectivity index (χ1) is 6.75. The molecule has 0 rings (SSSR count). The van der Waals surface area contributed by atoms with E-state index in [2.05, 4.69) is 0 Å². The summed E-state index contributed by atoms with van der Waals surface area (Å²) >= 11 is 0. The van der Waals surface area contributed by atoms with Crippen LogP contribution in [0.4, 0.5) is 14.4 Å². The second kappa shape index (κ2) is 4.55. The van der Waals surface area contributed by atoms with E-state index in [1.165, 1.54) is 0 Å². The van der Waals surface area contributed by atoms with E-state index in [9.17, 15) is 19.2 Å². The van der Waals surface area contributed by atoms with Gasteiger partial charge < -0.3 is 20.4 Å². The predicted octanol–water partition coefficient (Wildman–Crippen LogP) is 0.689. The molecule has 9 heteroatoms. The molecule has 0 saturated carbocycles. The van der Waals surface area contributed by atoms with Gasteiger partial charge in [-0.3, -0.25) is 19.2 Å². The summed E-state index contributed by atoms with van der Waals surface area (Å²) in [6, 6.07) is -0.873. The highest BCUT2D eigenvalue weighted by molar-refractivity contribution is 7.38. The molecule has 0 aliphatic rings. The highest BCUT2D eigenvalue weighted by atomic mass is 28.3. The third-order valence-electron chi connectivity index (χ3n) is 1.81. The standard InChI is InChI=1S/C6H8O8Si/c7-3(8)1-2-15(4(9)10,5(11)12)6(13)14/h1-2H2,(H,7,8)(H,9,10)(H,11,12)(H,13,14). The Kier molecular flexibility index (Phi) is 3.97. The molecule has 15 heavy (non-hydrogen) atoms. The Balaban J connectivity index is 5.15. The molecule has 0 aromatic rings. The lowest BCUT2D eigenvalue weighted by Crippen LogP contribution is -2.58. The number of hydrogen-bond donors (Lipinski definition) is 4. The largest absolute Gasteiger partial charge is 0.485 e. The van der Waals surface area contributed by atoms with E-state index in [4.69, 9.17) is 20.4 Å². The van der Waals surface area contributed by atoms with Crippen molar-refractivity contribution < 1.29 is 39.6 Å². The van der Waals surface area contributed by atoms with Gasteiger partial charge in [0.2, 0.25) is 0 Å². The molecule has 84 valence electrons. The van der Waals surface area contributed by atoms with Crippen molar-refractivity contribution in [3.8, 4) is 0 Å². The average molecular weight is 236 g/mol. The maximum absolute atomic E-state index is 10.6. The SMILES string of the molecule is O=C(O)CC[Si](C(=O)O)(C(=O)O)C(=O)O. The number of carboxylic acids is 1. The predicted molar refractivity (Wildman–Crippen MR) is 46.9 cm³/mol. The van der Waals surface area contributed by atoms with Crippen LogP contribution in [-0.2, 0) is 4.79 Å². The minimum absolute atomic E-state index is 0.795. The lowest BCUT2D eigenvalue weighted by molar-refractivity contribution is -0.136. The van der Waals surface area contributed by atoms with Gasteiger partial charge in [-0.2, -0.15) is 0 Å². The molecule has 0 spiro atoms. The van der Waals surface area contributed by atoms with Crippen LogP contribution in [0.3, 0.4) is 0 Å². The molecular formula is C6H8O8Si. The highest BCUT2D eigenvalue weighted by Gasteiger charge is 2.59. The molecule has 0 aromatic heterocycles. The van der Waals surface area contributed by atoms with E-state index >= 15 is 0 Å². The van der Waals surface area contributed by atoms with Crippen LogP contribution in [0.25, 0.3) is 0 Å². The molecule has 0 bridgehead atoms. The molecule has 0 saturated heterocycles. The number of rotatable bonds is 6. The second-order valence-electron chi connectivity index (χ2n) is 2.71. The fraction of sp³-hybridized carbons (Fsp3) is 0.333. The summed E-state index contributed by atoms with van der Waals surface area (Å²) in [6.45, 7) is 0. The molecular weight excluding hydrogens is 228 g/mol. The molecule has 0 aliphatic heterocycles. The first kappa shape index (κ1) is 13.1. The third kappa shape index (κ3) is 2.53. The Morgan fingerprint density at radius 1 is 0.800 bits per heavy atom. The van der Waals surface area contributed by atoms with Crippen molar-refractivity contribution in [1.82, 2.24) is 0 Å². The quantitative estimate of drug-likeness (QED) is 0.492. The van der Waals surface area contributed by atoms with Crippen molar-refractivity contribution in [3.63, 3.8) is 0 Å². The van der Waals surface area contributed by atoms with Crippen LogP contribution in [0.1, 0.15) is 6.42 Å². The molecule has 0 atom stereocenters. The van der Waals surface area contributed by atoms with Crippen molar-refractivity contribution in [1.29, 1.82) is 0 Å². The number of carbonyl (C=O) groups is 4. The van der Waals surface area contributed by atoms with Crippen LogP contribution >= 0.6 is 0 Å². The molecule has 0 unspecified atom stereocenters. The number of carboxylic acid groups (broad SMARTS) is 4. The van der Waals surface area contributed by atoms with Gasteiger partial charge in [-0.1, -0.05) is 0 Å². The highest BCUT2D eigenvalue weighted by Crippen LogP contribution is 2.16. The Hall–Kier alpha value is -1.90. The first-order valence-corrected chi connectivity index (χ1v) is 5.88. The van der Waals surface area contributed by atoms with E-state index < -0.39 is 43.3 Å². The van der Waals surface area contributed by atoms with Gasteiger partial charge >= 0.3 is 14.0 Å². The van der Waals surface area contributed by atoms with Crippen LogP contribution in [-0.4, -0.2) is 51.2 Å². The number of aliphatic carboxylic acids is 1. The van der Waals surface area contributed by atoms with Crippen LogP contribution < -0.4 is 0 Å². The first-order valence-electron chi connectivity index (χ1n) is 3.67. The molecule has 0 aromatic carbocycles. The normalized spacial score (nSPS) is 10.7. The Labute approximate surface area is 83.8 Å². The van der Waals surface area contributed by atoms with Crippen molar-refractivity contribution in [2.75, 3.05) is 0 Å². The van der Waals surface area contributed by atoms with Gasteiger partial charge in [-0.15, -0.1) is 0 Å². The van der Waals surface area contributed by atoms with Crippen LogP contribution in [0.5, 0.6) is 0 Å². The topological polar surface area (TPSA) is 149 Å². The summed E-state index contributed by atoms with van der Waals surface area (Å²) in [4.78, 5) is 42.0. The smallest absolute Gasteiger partial charge is 0.431 e. The monoisotopic (exact) mass is 236 g/mol. The van der Waals surface area contributed by atoms with Crippen LogP contribution in [0, 0.1) is 0 Å². The Morgan fingerprint density at radius 3 is 1.33 bits per heavy atom. The molecule has 0 radical (unpaired) electrons.